The standard InChI is InChI=1S/C22H30N2O4/c25-20(26)14-16-15-22(28-19-9-5-4-8-18(16)19)10-12-24(13-11-22)21(27)23-17-6-2-1-3-7-17/h4-5,8-9,16-17H,1-3,6-7,10-15H2,(H,23,27)(H,25,26). The van der Waals surface area contributed by atoms with Crippen LogP contribution in [0.3, 0.4) is 0 Å². The number of para-hydroxylation sites is 1. The van der Waals surface area contributed by atoms with E-state index in [9.17, 15) is 14.7 Å². The van der Waals surface area contributed by atoms with Crippen molar-refractivity contribution in [1.82, 2.24) is 10.2 Å². The van der Waals surface area contributed by atoms with E-state index in [0.717, 1.165) is 37.0 Å². The Kier molecular flexibility index (Phi) is 5.47. The van der Waals surface area contributed by atoms with E-state index in [4.69, 9.17) is 4.74 Å². The van der Waals surface area contributed by atoms with Gasteiger partial charge in [0.2, 0.25) is 0 Å². The van der Waals surface area contributed by atoms with Crippen LogP contribution in [0.15, 0.2) is 24.3 Å². The summed E-state index contributed by atoms with van der Waals surface area (Å²) in [6.45, 7) is 1.31. The normalized spacial score (nSPS) is 24.3. The van der Waals surface area contributed by atoms with E-state index < -0.39 is 5.97 Å². The molecule has 1 atom stereocenters. The van der Waals surface area contributed by atoms with Crippen molar-refractivity contribution in [2.75, 3.05) is 13.1 Å². The number of hydrogen-bond donors (Lipinski definition) is 2. The van der Waals surface area contributed by atoms with E-state index in [1.165, 1.54) is 19.3 Å². The number of piperidine rings is 1. The number of carboxylic acids is 1. The molecule has 6 nitrogen and oxygen atoms in total. The Hall–Kier alpha value is -2.24. The minimum absolute atomic E-state index is 0.0370. The summed E-state index contributed by atoms with van der Waals surface area (Å²) in [5.74, 6) is -0.00804. The number of fused-ring (bicyclic) bond motifs is 1. The number of rotatable bonds is 3. The maximum absolute atomic E-state index is 12.6. The number of nitrogens with zero attached hydrogens (tertiary/aromatic N) is 1. The summed E-state index contributed by atoms with van der Waals surface area (Å²) in [6, 6.07) is 8.14. The molecule has 1 aromatic carbocycles. The van der Waals surface area contributed by atoms with Gasteiger partial charge in [0, 0.05) is 37.9 Å². The van der Waals surface area contributed by atoms with Gasteiger partial charge in [0.1, 0.15) is 11.4 Å². The van der Waals surface area contributed by atoms with Crippen LogP contribution in [0.5, 0.6) is 5.75 Å². The molecule has 0 bridgehead atoms. The number of likely N-dealkylation sites (tertiary alicyclic amines) is 1. The molecule has 152 valence electrons. The summed E-state index contributed by atoms with van der Waals surface area (Å²) in [4.78, 5) is 25.9. The molecule has 1 spiro atoms. The molecule has 2 fully saturated rings. The average Bonchev–Trinajstić information content (AvgIpc) is 2.69. The van der Waals surface area contributed by atoms with Gasteiger partial charge in [-0.15, -0.1) is 0 Å². The Labute approximate surface area is 166 Å². The Morgan fingerprint density at radius 1 is 1.14 bits per heavy atom. The number of carbonyl (C=O) groups excluding carboxylic acids is 1. The fourth-order valence-electron chi connectivity index (χ4n) is 5.07. The Morgan fingerprint density at radius 2 is 1.86 bits per heavy atom. The van der Waals surface area contributed by atoms with Crippen LogP contribution in [0.25, 0.3) is 0 Å². The van der Waals surface area contributed by atoms with Gasteiger partial charge < -0.3 is 20.1 Å². The number of ether oxygens (including phenoxy) is 1. The highest BCUT2D eigenvalue weighted by molar-refractivity contribution is 5.74. The van der Waals surface area contributed by atoms with Crippen molar-refractivity contribution in [2.24, 2.45) is 0 Å². The first kappa shape index (κ1) is 19.1. The number of hydrogen-bond acceptors (Lipinski definition) is 3. The minimum atomic E-state index is -0.777. The number of aliphatic carboxylic acids is 1. The van der Waals surface area contributed by atoms with Crippen LogP contribution in [0.1, 0.15) is 69.3 Å². The lowest BCUT2D eigenvalue weighted by molar-refractivity contribution is -0.138. The molecule has 1 aromatic rings. The summed E-state index contributed by atoms with van der Waals surface area (Å²) in [5.41, 5.74) is 0.629. The molecule has 1 saturated carbocycles. The van der Waals surface area contributed by atoms with Crippen LogP contribution in [0, 0.1) is 0 Å². The first-order chi connectivity index (χ1) is 13.5. The van der Waals surface area contributed by atoms with Gasteiger partial charge in [0.05, 0.1) is 6.42 Å². The summed E-state index contributed by atoms with van der Waals surface area (Å²) in [6.07, 6.45) is 8.15. The van der Waals surface area contributed by atoms with Gasteiger partial charge in [0.25, 0.3) is 0 Å². The Morgan fingerprint density at radius 3 is 2.57 bits per heavy atom. The molecule has 2 amide bonds. The topological polar surface area (TPSA) is 78.9 Å². The molecule has 4 rings (SSSR count). The van der Waals surface area contributed by atoms with Crippen LogP contribution in [-0.2, 0) is 4.79 Å². The fourth-order valence-corrected chi connectivity index (χ4v) is 5.07. The van der Waals surface area contributed by atoms with Crippen molar-refractivity contribution in [3.05, 3.63) is 29.8 Å². The second-order valence-corrected chi connectivity index (χ2v) is 8.59. The Balaban J connectivity index is 1.40. The second-order valence-electron chi connectivity index (χ2n) is 8.59. The highest BCUT2D eigenvalue weighted by atomic mass is 16.5. The monoisotopic (exact) mass is 386 g/mol. The number of amides is 2. The first-order valence-electron chi connectivity index (χ1n) is 10.6. The van der Waals surface area contributed by atoms with Crippen LogP contribution < -0.4 is 10.1 Å². The third-order valence-electron chi connectivity index (χ3n) is 6.62. The Bertz CT molecular complexity index is 721. The number of nitrogens with one attached hydrogen (secondary N) is 1. The van der Waals surface area contributed by atoms with E-state index in [0.29, 0.717) is 25.6 Å². The van der Waals surface area contributed by atoms with Gasteiger partial charge in [-0.3, -0.25) is 4.79 Å². The molecular weight excluding hydrogens is 356 g/mol. The fraction of sp³-hybridized carbons (Fsp3) is 0.636. The minimum Gasteiger partial charge on any atom is -0.487 e. The smallest absolute Gasteiger partial charge is 0.317 e. The van der Waals surface area contributed by atoms with Gasteiger partial charge in [-0.1, -0.05) is 37.5 Å². The third-order valence-corrected chi connectivity index (χ3v) is 6.62. The van der Waals surface area contributed by atoms with Gasteiger partial charge >= 0.3 is 12.0 Å². The molecule has 2 N–H and O–H groups in total. The predicted molar refractivity (Wildman–Crippen MR) is 106 cm³/mol. The molecule has 1 saturated heterocycles. The van der Waals surface area contributed by atoms with E-state index in [2.05, 4.69) is 5.32 Å². The average molecular weight is 386 g/mol. The third kappa shape index (κ3) is 4.10. The molecule has 1 aliphatic carbocycles. The van der Waals surface area contributed by atoms with Gasteiger partial charge in [-0.25, -0.2) is 4.79 Å². The summed E-state index contributed by atoms with van der Waals surface area (Å²) < 4.78 is 6.40. The second kappa shape index (κ2) is 8.02. The van der Waals surface area contributed by atoms with Gasteiger partial charge in [-0.2, -0.15) is 0 Å². The summed E-state index contributed by atoms with van der Waals surface area (Å²) in [5, 5.41) is 12.5. The predicted octanol–water partition coefficient (Wildman–Crippen LogP) is 3.90. The van der Waals surface area contributed by atoms with Crippen molar-refractivity contribution < 1.29 is 19.4 Å². The SMILES string of the molecule is O=C(O)CC1CC2(CCN(C(=O)NC3CCCCC3)CC2)Oc2ccccc21. The van der Waals surface area contributed by atoms with Crippen molar-refractivity contribution in [3.8, 4) is 5.75 Å². The van der Waals surface area contributed by atoms with Crippen LogP contribution in [0.4, 0.5) is 4.79 Å². The first-order valence-corrected chi connectivity index (χ1v) is 10.6. The number of carbonyl (C=O) groups is 2. The van der Waals surface area contributed by atoms with Crippen molar-refractivity contribution in [3.63, 3.8) is 0 Å². The molecular formula is C22H30N2O4. The largest absolute Gasteiger partial charge is 0.487 e. The molecule has 2 heterocycles. The van der Waals surface area contributed by atoms with Crippen LogP contribution >= 0.6 is 0 Å². The number of carboxylic acid groups (broad SMARTS) is 1. The molecule has 28 heavy (non-hydrogen) atoms. The zero-order valence-electron chi connectivity index (χ0n) is 16.4. The quantitative estimate of drug-likeness (QED) is 0.826. The summed E-state index contributed by atoms with van der Waals surface area (Å²) in [7, 11) is 0. The van der Waals surface area contributed by atoms with E-state index in [1.54, 1.807) is 0 Å². The van der Waals surface area contributed by atoms with E-state index in [-0.39, 0.29) is 24.0 Å². The molecule has 1 unspecified atom stereocenters. The van der Waals surface area contributed by atoms with E-state index in [1.807, 2.05) is 29.2 Å². The van der Waals surface area contributed by atoms with Crippen LogP contribution in [-0.4, -0.2) is 46.7 Å². The van der Waals surface area contributed by atoms with Crippen molar-refractivity contribution in [2.45, 2.75) is 75.3 Å². The summed E-state index contributed by atoms with van der Waals surface area (Å²) >= 11 is 0. The molecule has 0 radical (unpaired) electrons. The lowest BCUT2D eigenvalue weighted by atomic mass is 9.76. The maximum Gasteiger partial charge on any atom is 0.317 e. The lowest BCUT2D eigenvalue weighted by Gasteiger charge is -2.47. The maximum atomic E-state index is 12.6. The molecule has 3 aliphatic rings. The highest BCUT2D eigenvalue weighted by Gasteiger charge is 2.44. The molecule has 0 aromatic heterocycles. The van der Waals surface area contributed by atoms with E-state index >= 15 is 0 Å². The zero-order chi connectivity index (χ0) is 19.6. The number of urea groups is 1. The van der Waals surface area contributed by atoms with Gasteiger partial charge in [0.15, 0.2) is 0 Å². The number of benzene rings is 1. The van der Waals surface area contributed by atoms with Crippen molar-refractivity contribution in [1.29, 1.82) is 0 Å². The zero-order valence-corrected chi connectivity index (χ0v) is 16.4. The van der Waals surface area contributed by atoms with Gasteiger partial charge in [-0.05, 0) is 30.9 Å². The highest BCUT2D eigenvalue weighted by Crippen LogP contribution is 2.46. The van der Waals surface area contributed by atoms with Crippen LogP contribution in [0.2, 0.25) is 0 Å². The molecule has 6 heteroatoms. The lowest BCUT2D eigenvalue weighted by Crippen LogP contribution is -2.55. The molecule has 2 aliphatic heterocycles. The van der Waals surface area contributed by atoms with Crippen molar-refractivity contribution >= 4 is 12.0 Å².